The van der Waals surface area contributed by atoms with E-state index >= 15 is 0 Å². The molecule has 0 bridgehead atoms. The topological polar surface area (TPSA) is 4.93 Å². The van der Waals surface area contributed by atoms with E-state index in [1.165, 1.54) is 50.1 Å². The van der Waals surface area contributed by atoms with Crippen LogP contribution in [0.25, 0.3) is 27.7 Å². The van der Waals surface area contributed by atoms with Gasteiger partial charge in [0.25, 0.3) is 0 Å². The van der Waals surface area contributed by atoms with Gasteiger partial charge in [-0.25, -0.2) is 0 Å². The third-order valence-corrected chi connectivity index (χ3v) is 7.41. The van der Waals surface area contributed by atoms with Gasteiger partial charge in [0.05, 0.1) is 5.52 Å². The minimum absolute atomic E-state index is 0.972. The lowest BCUT2D eigenvalue weighted by atomic mass is 9.88. The first-order chi connectivity index (χ1) is 16.4. The third-order valence-electron chi connectivity index (χ3n) is 7.41. The smallest absolute Gasteiger partial charge is 0.0537 e. The van der Waals surface area contributed by atoms with Crippen molar-refractivity contribution >= 4 is 22.0 Å². The Labute approximate surface area is 194 Å². The van der Waals surface area contributed by atoms with Gasteiger partial charge >= 0.3 is 0 Å². The maximum Gasteiger partial charge on any atom is 0.0537 e. The summed E-state index contributed by atoms with van der Waals surface area (Å²) < 4.78 is 2.52. The molecule has 0 saturated carbocycles. The van der Waals surface area contributed by atoms with Crippen LogP contribution in [0.4, 0.5) is 0 Å². The van der Waals surface area contributed by atoms with Crippen LogP contribution in [0.1, 0.15) is 39.9 Å². The second-order valence-corrected chi connectivity index (χ2v) is 9.29. The van der Waals surface area contributed by atoms with E-state index in [0.29, 0.717) is 0 Å². The van der Waals surface area contributed by atoms with Crippen LogP contribution in [-0.2, 0) is 19.3 Å². The Morgan fingerprint density at radius 3 is 2.21 bits per heavy atom. The van der Waals surface area contributed by atoms with Crippen molar-refractivity contribution in [2.24, 2.45) is 0 Å². The number of nitrogens with zero attached hydrogens (tertiary/aromatic N) is 1. The highest BCUT2D eigenvalue weighted by Gasteiger charge is 2.31. The predicted molar refractivity (Wildman–Crippen MR) is 138 cm³/mol. The Kier molecular flexibility index (Phi) is 4.17. The van der Waals surface area contributed by atoms with Gasteiger partial charge in [0.1, 0.15) is 0 Å². The summed E-state index contributed by atoms with van der Waals surface area (Å²) >= 11 is 0. The van der Waals surface area contributed by atoms with Gasteiger partial charge in [-0.15, -0.1) is 0 Å². The van der Waals surface area contributed by atoms with Crippen LogP contribution in [0.15, 0.2) is 103 Å². The van der Waals surface area contributed by atoms with E-state index in [1.807, 2.05) is 0 Å². The number of aromatic nitrogens is 1. The Balaban J connectivity index is 1.35. The molecule has 158 valence electrons. The van der Waals surface area contributed by atoms with E-state index in [-0.39, 0.29) is 0 Å². The summed E-state index contributed by atoms with van der Waals surface area (Å²) in [5.41, 5.74) is 14.3. The number of hydrogen-bond acceptors (Lipinski definition) is 0. The first kappa shape index (κ1) is 18.7. The van der Waals surface area contributed by atoms with Gasteiger partial charge < -0.3 is 4.57 Å². The molecule has 0 fully saturated rings. The van der Waals surface area contributed by atoms with Gasteiger partial charge in [0.15, 0.2) is 0 Å². The molecule has 0 unspecified atom stereocenters. The van der Waals surface area contributed by atoms with Crippen molar-refractivity contribution < 1.29 is 0 Å². The molecule has 1 heteroatoms. The first-order valence-corrected chi connectivity index (χ1v) is 11.9. The molecule has 0 amide bonds. The molecule has 4 aromatic carbocycles. The van der Waals surface area contributed by atoms with Crippen molar-refractivity contribution in [3.05, 3.63) is 137 Å². The molecular weight excluding hydrogens is 398 g/mol. The molecule has 1 heterocycles. The van der Waals surface area contributed by atoms with E-state index in [4.69, 9.17) is 0 Å². The Bertz CT molecular complexity index is 1530. The second kappa shape index (κ2) is 7.35. The third kappa shape index (κ3) is 2.93. The quantitative estimate of drug-likeness (QED) is 0.281. The number of rotatable bonds is 3. The van der Waals surface area contributed by atoms with Crippen LogP contribution < -0.4 is 0 Å². The molecule has 2 aliphatic carbocycles. The number of para-hydroxylation sites is 1. The number of hydrogen-bond donors (Lipinski definition) is 0. The van der Waals surface area contributed by atoms with Crippen LogP contribution in [0.5, 0.6) is 0 Å². The van der Waals surface area contributed by atoms with Gasteiger partial charge in [0, 0.05) is 22.3 Å². The molecule has 0 atom stereocenters. The fourth-order valence-corrected chi connectivity index (χ4v) is 5.95. The maximum absolute atomic E-state index is 2.52. The molecule has 0 spiro atoms. The lowest BCUT2D eigenvalue weighted by molar-refractivity contribution is 0.894. The summed E-state index contributed by atoms with van der Waals surface area (Å²) in [6.07, 6.45) is 4.24. The lowest BCUT2D eigenvalue weighted by Crippen LogP contribution is -2.07. The molecular formula is C32H25N. The predicted octanol–water partition coefficient (Wildman–Crippen LogP) is 7.63. The van der Waals surface area contributed by atoms with Crippen LogP contribution >= 0.6 is 0 Å². The fraction of sp³-hybridized carbons (Fsp3) is 0.125. The van der Waals surface area contributed by atoms with E-state index in [2.05, 4.69) is 108 Å². The molecule has 1 nitrogen and oxygen atoms in total. The largest absolute Gasteiger partial charge is 0.313 e. The zero-order valence-corrected chi connectivity index (χ0v) is 18.6. The van der Waals surface area contributed by atoms with Gasteiger partial charge in [-0.05, 0) is 77.3 Å². The maximum atomic E-state index is 2.52. The van der Waals surface area contributed by atoms with Gasteiger partial charge in [0.2, 0.25) is 0 Å². The second-order valence-electron chi connectivity index (χ2n) is 9.29. The van der Waals surface area contributed by atoms with Crippen molar-refractivity contribution in [3.63, 3.8) is 0 Å². The van der Waals surface area contributed by atoms with Crippen LogP contribution in [0, 0.1) is 0 Å². The number of allylic oxidation sites excluding steroid dienone is 2. The summed E-state index contributed by atoms with van der Waals surface area (Å²) in [6.45, 7) is 0. The van der Waals surface area contributed by atoms with E-state index < -0.39 is 0 Å². The molecule has 33 heavy (non-hydrogen) atoms. The van der Waals surface area contributed by atoms with E-state index in [0.717, 1.165) is 25.7 Å². The van der Waals surface area contributed by atoms with Crippen LogP contribution in [0.3, 0.4) is 0 Å². The van der Waals surface area contributed by atoms with Gasteiger partial charge in [-0.3, -0.25) is 0 Å². The summed E-state index contributed by atoms with van der Waals surface area (Å²) in [5.74, 6) is 0. The molecule has 1 aromatic heterocycles. The average Bonchev–Trinajstić information content (AvgIpc) is 3.41. The minimum Gasteiger partial charge on any atom is -0.313 e. The lowest BCUT2D eigenvalue weighted by Gasteiger charge is -2.19. The highest BCUT2D eigenvalue weighted by molar-refractivity contribution is 6.07. The SMILES string of the molecule is c1ccc(Cc2ccc(-n3c4c(c5ccccc53)C3=C(CC4)c4ccccc4C3)cc2)cc1. The molecule has 7 rings (SSSR count). The van der Waals surface area contributed by atoms with Crippen molar-refractivity contribution in [2.75, 3.05) is 0 Å². The summed E-state index contributed by atoms with van der Waals surface area (Å²) in [5, 5.41) is 1.39. The molecule has 5 aromatic rings. The number of fused-ring (bicyclic) bond motifs is 6. The summed E-state index contributed by atoms with van der Waals surface area (Å²) in [6, 6.07) is 37.9. The van der Waals surface area contributed by atoms with Crippen molar-refractivity contribution in [1.82, 2.24) is 4.57 Å². The average molecular weight is 424 g/mol. The van der Waals surface area contributed by atoms with Crippen molar-refractivity contribution in [3.8, 4) is 5.69 Å². The Morgan fingerprint density at radius 1 is 0.606 bits per heavy atom. The Morgan fingerprint density at radius 2 is 1.33 bits per heavy atom. The molecule has 0 radical (unpaired) electrons. The first-order valence-electron chi connectivity index (χ1n) is 11.9. The summed E-state index contributed by atoms with van der Waals surface area (Å²) in [7, 11) is 0. The van der Waals surface area contributed by atoms with Gasteiger partial charge in [-0.2, -0.15) is 0 Å². The highest BCUT2D eigenvalue weighted by atomic mass is 15.0. The zero-order chi connectivity index (χ0) is 21.8. The molecule has 0 N–H and O–H groups in total. The normalized spacial score (nSPS) is 14.3. The fourth-order valence-electron chi connectivity index (χ4n) is 5.95. The Hall–Kier alpha value is -3.84. The van der Waals surface area contributed by atoms with Crippen LogP contribution in [-0.4, -0.2) is 4.57 Å². The van der Waals surface area contributed by atoms with Crippen molar-refractivity contribution in [2.45, 2.75) is 25.7 Å². The molecule has 0 aliphatic heterocycles. The highest BCUT2D eigenvalue weighted by Crippen LogP contribution is 2.48. The van der Waals surface area contributed by atoms with E-state index in [1.54, 1.807) is 11.1 Å². The van der Waals surface area contributed by atoms with Gasteiger partial charge in [-0.1, -0.05) is 84.9 Å². The monoisotopic (exact) mass is 423 g/mol. The minimum atomic E-state index is 0.972. The molecule has 2 aliphatic rings. The van der Waals surface area contributed by atoms with Crippen LogP contribution in [0.2, 0.25) is 0 Å². The zero-order valence-electron chi connectivity index (χ0n) is 18.6. The summed E-state index contributed by atoms with van der Waals surface area (Å²) in [4.78, 5) is 0. The molecule has 0 saturated heterocycles. The number of benzene rings is 4. The standard InChI is InChI=1S/C32H25N/c1-2-8-22(9-3-1)20-23-14-16-25(17-15-23)33-30-13-7-6-12-28(30)32-29-21-24-10-4-5-11-26(24)27(29)18-19-31(32)33/h1-17H,18-21H2. The van der Waals surface area contributed by atoms with Crippen molar-refractivity contribution in [1.29, 1.82) is 0 Å². The van der Waals surface area contributed by atoms with E-state index in [9.17, 15) is 0 Å².